The molecular weight excluding hydrogens is 581 g/mol. The van der Waals surface area contributed by atoms with Gasteiger partial charge in [0.25, 0.3) is 0 Å². The number of aromatic nitrogens is 1. The molecule has 0 unspecified atom stereocenters. The molecule has 6 heteroatoms. The van der Waals surface area contributed by atoms with Crippen LogP contribution in [-0.2, 0) is 6.61 Å². The Hall–Kier alpha value is -0.150. The fourth-order valence-corrected chi connectivity index (χ4v) is 5.37. The summed E-state index contributed by atoms with van der Waals surface area (Å²) in [6, 6.07) is 9.87. The highest BCUT2D eigenvalue weighted by Crippen LogP contribution is 2.30. The predicted molar refractivity (Wildman–Crippen MR) is 97.9 cm³/mol. The standard InChI is InChI=1S/C13H7I3N2O/c14-9-4-10(15)13(11(16)5-9)19-7-8-2-1-3-18-12(8)6-17/h1-5H,7H2. The summed E-state index contributed by atoms with van der Waals surface area (Å²) in [6.07, 6.45) is 1.61. The van der Waals surface area contributed by atoms with Crippen molar-refractivity contribution in [1.29, 1.82) is 5.26 Å². The Morgan fingerprint density at radius 1 is 1.21 bits per heavy atom. The van der Waals surface area contributed by atoms with E-state index in [9.17, 15) is 0 Å². The maximum absolute atomic E-state index is 8.99. The van der Waals surface area contributed by atoms with Crippen LogP contribution in [0.25, 0.3) is 0 Å². The number of nitriles is 1. The maximum atomic E-state index is 8.99. The van der Waals surface area contributed by atoms with Gasteiger partial charge < -0.3 is 4.74 Å². The van der Waals surface area contributed by atoms with Crippen molar-refractivity contribution in [2.45, 2.75) is 6.61 Å². The summed E-state index contributed by atoms with van der Waals surface area (Å²) >= 11 is 6.80. The molecule has 2 aromatic rings. The lowest BCUT2D eigenvalue weighted by molar-refractivity contribution is 0.301. The average Bonchev–Trinajstić information content (AvgIpc) is 2.38. The first-order chi connectivity index (χ1) is 9.11. The van der Waals surface area contributed by atoms with Gasteiger partial charge in [0.05, 0.1) is 7.14 Å². The van der Waals surface area contributed by atoms with E-state index in [0.717, 1.165) is 18.5 Å². The molecule has 0 aliphatic rings. The minimum Gasteiger partial charge on any atom is -0.487 e. The van der Waals surface area contributed by atoms with Crippen LogP contribution in [0.1, 0.15) is 11.3 Å². The third-order valence-corrected chi connectivity index (χ3v) is 4.56. The highest BCUT2D eigenvalue weighted by atomic mass is 127. The van der Waals surface area contributed by atoms with Crippen LogP contribution in [-0.4, -0.2) is 4.98 Å². The summed E-state index contributed by atoms with van der Waals surface area (Å²) in [5, 5.41) is 8.99. The molecule has 0 saturated carbocycles. The lowest BCUT2D eigenvalue weighted by atomic mass is 10.2. The number of benzene rings is 1. The largest absolute Gasteiger partial charge is 0.487 e. The van der Waals surface area contributed by atoms with Gasteiger partial charge in [-0.2, -0.15) is 5.26 Å². The Morgan fingerprint density at radius 3 is 2.53 bits per heavy atom. The molecule has 1 aromatic carbocycles. The molecule has 0 aliphatic carbocycles. The average molecular weight is 588 g/mol. The fraction of sp³-hybridized carbons (Fsp3) is 0.0769. The minimum atomic E-state index is 0.351. The summed E-state index contributed by atoms with van der Waals surface area (Å²) in [6.45, 7) is 0.351. The van der Waals surface area contributed by atoms with Gasteiger partial charge in [-0.3, -0.25) is 0 Å². The van der Waals surface area contributed by atoms with Crippen LogP contribution in [0.15, 0.2) is 30.5 Å². The molecule has 2 rings (SSSR count). The summed E-state index contributed by atoms with van der Waals surface area (Å²) < 4.78 is 9.15. The van der Waals surface area contributed by atoms with E-state index in [-0.39, 0.29) is 0 Å². The first kappa shape index (κ1) is 15.2. The molecular formula is C13H7I3N2O. The zero-order valence-electron chi connectivity index (χ0n) is 9.53. The molecule has 0 spiro atoms. The minimum absolute atomic E-state index is 0.351. The summed E-state index contributed by atoms with van der Waals surface area (Å²) in [4.78, 5) is 4.02. The van der Waals surface area contributed by atoms with Gasteiger partial charge in [-0.25, -0.2) is 4.98 Å². The molecule has 0 N–H and O–H groups in total. The van der Waals surface area contributed by atoms with Crippen molar-refractivity contribution in [3.05, 3.63) is 52.4 Å². The van der Waals surface area contributed by atoms with Crippen molar-refractivity contribution in [1.82, 2.24) is 4.98 Å². The van der Waals surface area contributed by atoms with Gasteiger partial charge >= 0.3 is 0 Å². The van der Waals surface area contributed by atoms with Gasteiger partial charge in [-0.05, 0) is 86.0 Å². The number of hydrogen-bond acceptors (Lipinski definition) is 3. The summed E-state index contributed by atoms with van der Waals surface area (Å²) in [5.41, 5.74) is 1.22. The van der Waals surface area contributed by atoms with Gasteiger partial charge in [-0.1, -0.05) is 6.07 Å². The molecule has 19 heavy (non-hydrogen) atoms. The maximum Gasteiger partial charge on any atom is 0.147 e. The van der Waals surface area contributed by atoms with Crippen LogP contribution in [0.4, 0.5) is 0 Å². The van der Waals surface area contributed by atoms with Crippen LogP contribution >= 0.6 is 67.8 Å². The normalized spacial score (nSPS) is 10.0. The van der Waals surface area contributed by atoms with Gasteiger partial charge in [0, 0.05) is 15.3 Å². The van der Waals surface area contributed by atoms with E-state index >= 15 is 0 Å². The predicted octanol–water partition coefficient (Wildman–Crippen LogP) is 4.35. The number of pyridine rings is 1. The molecule has 0 aliphatic heterocycles. The van der Waals surface area contributed by atoms with E-state index in [2.05, 4.69) is 91.0 Å². The number of halogens is 3. The van der Waals surface area contributed by atoms with Gasteiger partial charge in [0.15, 0.2) is 0 Å². The van der Waals surface area contributed by atoms with Crippen molar-refractivity contribution in [2.75, 3.05) is 0 Å². The first-order valence-electron chi connectivity index (χ1n) is 5.23. The SMILES string of the molecule is N#Cc1ncccc1COc1c(I)cc(I)cc1I. The van der Waals surface area contributed by atoms with E-state index < -0.39 is 0 Å². The summed E-state index contributed by atoms with van der Waals surface area (Å²) in [7, 11) is 0. The topological polar surface area (TPSA) is 45.9 Å². The fourth-order valence-electron chi connectivity index (χ4n) is 1.47. The van der Waals surface area contributed by atoms with Crippen LogP contribution < -0.4 is 4.74 Å². The Kier molecular flexibility index (Phi) is 5.64. The van der Waals surface area contributed by atoms with Crippen LogP contribution in [0.3, 0.4) is 0 Å². The van der Waals surface area contributed by atoms with E-state index in [4.69, 9.17) is 10.00 Å². The molecule has 1 aromatic heterocycles. The molecule has 0 saturated heterocycles. The third kappa shape index (κ3) is 3.91. The Morgan fingerprint density at radius 2 is 1.89 bits per heavy atom. The molecule has 0 fully saturated rings. The Bertz CT molecular complexity index is 630. The van der Waals surface area contributed by atoms with Crippen molar-refractivity contribution >= 4 is 67.8 Å². The quantitative estimate of drug-likeness (QED) is 0.502. The highest BCUT2D eigenvalue weighted by Gasteiger charge is 2.10. The highest BCUT2D eigenvalue weighted by molar-refractivity contribution is 14.1. The van der Waals surface area contributed by atoms with E-state index in [0.29, 0.717) is 12.3 Å². The molecule has 0 radical (unpaired) electrons. The molecule has 96 valence electrons. The second kappa shape index (κ2) is 7.03. The van der Waals surface area contributed by atoms with Gasteiger partial charge in [0.2, 0.25) is 0 Å². The molecule has 3 nitrogen and oxygen atoms in total. The molecule has 0 bridgehead atoms. The zero-order valence-corrected chi connectivity index (χ0v) is 16.0. The molecule has 0 atom stereocenters. The van der Waals surface area contributed by atoms with E-state index in [1.807, 2.05) is 12.1 Å². The Labute approximate surface area is 152 Å². The molecule has 0 amide bonds. The monoisotopic (exact) mass is 588 g/mol. The van der Waals surface area contributed by atoms with Crippen LogP contribution in [0.5, 0.6) is 5.75 Å². The first-order valence-corrected chi connectivity index (χ1v) is 8.47. The lowest BCUT2D eigenvalue weighted by Gasteiger charge is -2.11. The zero-order chi connectivity index (χ0) is 13.8. The van der Waals surface area contributed by atoms with E-state index in [1.54, 1.807) is 6.20 Å². The van der Waals surface area contributed by atoms with Crippen molar-refractivity contribution in [3.63, 3.8) is 0 Å². The number of nitrogens with zero attached hydrogens (tertiary/aromatic N) is 2. The molecule has 1 heterocycles. The number of ether oxygens (including phenoxy) is 1. The second-order valence-electron chi connectivity index (χ2n) is 3.61. The smallest absolute Gasteiger partial charge is 0.147 e. The van der Waals surface area contributed by atoms with Gasteiger partial charge in [0.1, 0.15) is 24.1 Å². The van der Waals surface area contributed by atoms with Crippen molar-refractivity contribution < 1.29 is 4.74 Å². The number of hydrogen-bond donors (Lipinski definition) is 0. The van der Waals surface area contributed by atoms with Crippen molar-refractivity contribution in [2.24, 2.45) is 0 Å². The second-order valence-corrected chi connectivity index (χ2v) is 7.18. The lowest BCUT2D eigenvalue weighted by Crippen LogP contribution is -2.02. The number of rotatable bonds is 3. The van der Waals surface area contributed by atoms with Crippen LogP contribution in [0.2, 0.25) is 0 Å². The van der Waals surface area contributed by atoms with Crippen molar-refractivity contribution in [3.8, 4) is 11.8 Å². The van der Waals surface area contributed by atoms with Gasteiger partial charge in [-0.15, -0.1) is 0 Å². The van der Waals surface area contributed by atoms with E-state index in [1.165, 1.54) is 3.57 Å². The van der Waals surface area contributed by atoms with Crippen LogP contribution in [0, 0.1) is 22.0 Å². The Balaban J connectivity index is 2.22. The third-order valence-electron chi connectivity index (χ3n) is 2.33. The summed E-state index contributed by atoms with van der Waals surface area (Å²) in [5.74, 6) is 0.856.